The molecule has 24 heteroatoms. The van der Waals surface area contributed by atoms with E-state index in [9.17, 15) is 26.3 Å². The Balaban J connectivity index is 6.06. The lowest BCUT2D eigenvalue weighted by Gasteiger charge is -2.41. The van der Waals surface area contributed by atoms with Crippen molar-refractivity contribution in [2.75, 3.05) is 90.3 Å². The highest BCUT2D eigenvalue weighted by Gasteiger charge is 2.66. The van der Waals surface area contributed by atoms with E-state index in [1.807, 2.05) is 0 Å². The molecule has 0 aromatic heterocycles. The SMILES string of the molecule is CO[Si](OC)(OC)O[Si](CCCNCCNC(C(CF)C(F)(F)F)C(C)(F)F)(O[Si](OC)(OC)OC)O[Si](OC)(OC)OC. The predicted octanol–water partition coefficient (Wildman–Crippen LogP) is 1.84. The molecule has 2 atom stereocenters. The van der Waals surface area contributed by atoms with Gasteiger partial charge >= 0.3 is 42.1 Å². The topological polar surface area (TPSA) is 135 Å². The van der Waals surface area contributed by atoms with Gasteiger partial charge in [0.05, 0.1) is 6.04 Å². The van der Waals surface area contributed by atoms with Crippen LogP contribution in [0.25, 0.3) is 0 Å². The fourth-order valence-electron chi connectivity index (χ4n) is 3.82. The predicted molar refractivity (Wildman–Crippen MR) is 150 cm³/mol. The first-order valence-corrected chi connectivity index (χ1v) is 19.8. The lowest BCUT2D eigenvalue weighted by molar-refractivity contribution is -0.207. The molecule has 0 spiro atoms. The molecule has 2 N–H and O–H groups in total. The van der Waals surface area contributed by atoms with E-state index in [1.165, 1.54) is 64.0 Å². The van der Waals surface area contributed by atoms with E-state index in [1.54, 1.807) is 0 Å². The van der Waals surface area contributed by atoms with Crippen LogP contribution in [0.3, 0.4) is 0 Å². The van der Waals surface area contributed by atoms with Gasteiger partial charge in [-0.05, 0) is 13.0 Å². The van der Waals surface area contributed by atoms with Crippen molar-refractivity contribution >= 4 is 35.9 Å². The Morgan fingerprint density at radius 1 is 0.591 bits per heavy atom. The number of rotatable bonds is 26. The molecule has 0 heterocycles. The molecule has 0 aromatic carbocycles. The van der Waals surface area contributed by atoms with Gasteiger partial charge in [0.1, 0.15) is 12.6 Å². The normalized spacial score (nSPS) is 15.5. The molecule has 0 aliphatic carbocycles. The highest BCUT2D eigenvalue weighted by molar-refractivity contribution is 6.82. The van der Waals surface area contributed by atoms with Gasteiger partial charge in [-0.3, -0.25) is 4.39 Å². The molecule has 0 bridgehead atoms. The molecule has 0 aromatic rings. The van der Waals surface area contributed by atoms with Gasteiger partial charge in [0, 0.05) is 90.0 Å². The maximum absolute atomic E-state index is 13.9. The van der Waals surface area contributed by atoms with Crippen LogP contribution in [0.4, 0.5) is 26.3 Å². The van der Waals surface area contributed by atoms with Crippen LogP contribution in [-0.4, -0.2) is 144 Å². The van der Waals surface area contributed by atoms with Gasteiger partial charge in [-0.15, -0.1) is 0 Å². The van der Waals surface area contributed by atoms with Crippen LogP contribution in [0.5, 0.6) is 0 Å². The Kier molecular flexibility index (Phi) is 19.6. The molecular weight excluding hydrogens is 687 g/mol. The number of alkyl halides is 6. The third kappa shape index (κ3) is 12.8. The first-order chi connectivity index (χ1) is 20.5. The van der Waals surface area contributed by atoms with Gasteiger partial charge in [0.25, 0.3) is 5.92 Å². The van der Waals surface area contributed by atoms with Gasteiger partial charge in [-0.1, -0.05) is 0 Å². The summed E-state index contributed by atoms with van der Waals surface area (Å²) in [4.78, 5) is 0. The second-order valence-electron chi connectivity index (χ2n) is 8.87. The first kappa shape index (κ1) is 43.9. The van der Waals surface area contributed by atoms with Gasteiger partial charge in [-0.2, -0.15) is 13.2 Å². The molecule has 14 nitrogen and oxygen atoms in total. The van der Waals surface area contributed by atoms with E-state index in [0.29, 0.717) is 6.92 Å². The second-order valence-corrected chi connectivity index (χ2v) is 19.9. The van der Waals surface area contributed by atoms with Crippen molar-refractivity contribution < 1.29 is 78.5 Å². The molecule has 0 fully saturated rings. The van der Waals surface area contributed by atoms with Crippen molar-refractivity contribution in [2.45, 2.75) is 37.5 Å². The zero-order chi connectivity index (χ0) is 34.3. The van der Waals surface area contributed by atoms with Crippen molar-refractivity contribution in [1.82, 2.24) is 10.6 Å². The molecule has 0 aliphatic rings. The van der Waals surface area contributed by atoms with E-state index < -0.39 is 66.7 Å². The van der Waals surface area contributed by atoms with Crippen molar-refractivity contribution in [3.05, 3.63) is 0 Å². The Morgan fingerprint density at radius 2 is 0.955 bits per heavy atom. The lowest BCUT2D eigenvalue weighted by Crippen LogP contribution is -2.69. The molecule has 44 heavy (non-hydrogen) atoms. The van der Waals surface area contributed by atoms with Gasteiger partial charge in [-0.25, -0.2) is 8.78 Å². The molecular formula is C20H46F6N2O12Si4. The van der Waals surface area contributed by atoms with E-state index in [-0.39, 0.29) is 32.1 Å². The Hall–Kier alpha value is -0.112. The fraction of sp³-hybridized carbons (Fsp3) is 1.00. The van der Waals surface area contributed by atoms with Crippen LogP contribution >= 0.6 is 0 Å². The summed E-state index contributed by atoms with van der Waals surface area (Å²) in [7, 11) is -4.78. The van der Waals surface area contributed by atoms with Crippen LogP contribution in [0.15, 0.2) is 0 Å². The minimum atomic E-state index is -5.16. The summed E-state index contributed by atoms with van der Waals surface area (Å²) in [5, 5.41) is 5.02. The number of halogens is 6. The van der Waals surface area contributed by atoms with Crippen LogP contribution in [0.2, 0.25) is 6.04 Å². The smallest absolute Gasteiger partial charge is 0.355 e. The molecule has 0 aliphatic heterocycles. The molecule has 0 rings (SSSR count). The van der Waals surface area contributed by atoms with Crippen molar-refractivity contribution in [3.63, 3.8) is 0 Å². The summed E-state index contributed by atoms with van der Waals surface area (Å²) >= 11 is 0. The number of hydrogen-bond donors (Lipinski definition) is 2. The van der Waals surface area contributed by atoms with Gasteiger partial charge < -0.3 is 62.8 Å². The first-order valence-electron chi connectivity index (χ1n) is 13.0. The molecule has 0 saturated carbocycles. The Labute approximate surface area is 259 Å². The summed E-state index contributed by atoms with van der Waals surface area (Å²) in [6.07, 6.45) is -4.99. The standard InChI is InChI=1S/C20H46F6N2O12Si4/c1-19(22,23)18(17(16-21)20(24,25)26)28-14-13-27-12-11-15-41(38-42(29-2,30-3)31-4,39-43(32-5,33-6)34-7)40-44(35-8,36-9)37-10/h17-18,27-28H,11-16H2,1-10H3. The quantitative estimate of drug-likeness (QED) is 0.0761. The second kappa shape index (κ2) is 19.6. The summed E-state index contributed by atoms with van der Waals surface area (Å²) in [5.41, 5.74) is 0. The van der Waals surface area contributed by atoms with Crippen LogP contribution in [0, 0.1) is 5.92 Å². The highest BCUT2D eigenvalue weighted by Crippen LogP contribution is 2.36. The summed E-state index contributed by atoms with van der Waals surface area (Å²) in [6.45, 7) is -1.96. The third-order valence-electron chi connectivity index (χ3n) is 6.13. The van der Waals surface area contributed by atoms with Crippen molar-refractivity contribution in [3.8, 4) is 0 Å². The van der Waals surface area contributed by atoms with Gasteiger partial charge in [0.15, 0.2) is 0 Å². The average molecular weight is 733 g/mol. The van der Waals surface area contributed by atoms with Crippen LogP contribution in [0.1, 0.15) is 13.3 Å². The monoisotopic (exact) mass is 732 g/mol. The Morgan fingerprint density at radius 3 is 1.23 bits per heavy atom. The number of hydrogen-bond acceptors (Lipinski definition) is 14. The minimum Gasteiger partial charge on any atom is -0.355 e. The van der Waals surface area contributed by atoms with Crippen molar-refractivity contribution in [1.29, 1.82) is 0 Å². The fourth-order valence-corrected chi connectivity index (χ4v) is 16.4. The highest BCUT2D eigenvalue weighted by atomic mass is 28.5. The maximum atomic E-state index is 13.9. The summed E-state index contributed by atoms with van der Waals surface area (Å²) in [6, 6.07) is -2.55. The minimum absolute atomic E-state index is 0.0622. The molecule has 0 amide bonds. The third-order valence-corrected chi connectivity index (χ3v) is 18.3. The van der Waals surface area contributed by atoms with E-state index in [0.717, 1.165) is 0 Å². The molecule has 266 valence electrons. The van der Waals surface area contributed by atoms with Crippen LogP contribution in [-0.2, 0) is 52.2 Å². The summed E-state index contributed by atoms with van der Waals surface area (Å²) < 4.78 is 148. The van der Waals surface area contributed by atoms with Crippen molar-refractivity contribution in [2.24, 2.45) is 5.92 Å². The number of nitrogens with one attached hydrogen (secondary N) is 2. The van der Waals surface area contributed by atoms with Crippen LogP contribution < -0.4 is 10.6 Å². The van der Waals surface area contributed by atoms with Gasteiger partial charge in [0.2, 0.25) is 0 Å². The molecule has 0 saturated heterocycles. The molecule has 2 unspecified atom stereocenters. The zero-order valence-electron chi connectivity index (χ0n) is 26.6. The van der Waals surface area contributed by atoms with E-state index in [4.69, 9.17) is 52.2 Å². The average Bonchev–Trinajstić information content (AvgIpc) is 2.99. The lowest BCUT2D eigenvalue weighted by atomic mass is 9.95. The Bertz CT molecular complexity index is 705. The largest absolute Gasteiger partial charge is 0.671 e. The molecule has 0 radical (unpaired) electrons. The zero-order valence-corrected chi connectivity index (χ0v) is 30.6. The van der Waals surface area contributed by atoms with E-state index in [2.05, 4.69) is 10.6 Å². The summed E-state index contributed by atoms with van der Waals surface area (Å²) in [5.74, 6) is -6.73. The van der Waals surface area contributed by atoms with E-state index >= 15 is 0 Å². The maximum Gasteiger partial charge on any atom is 0.671 e.